The summed E-state index contributed by atoms with van der Waals surface area (Å²) < 4.78 is 0. The molecule has 0 heterocycles. The Kier molecular flexibility index (Phi) is 7.60. The lowest BCUT2D eigenvalue weighted by Gasteiger charge is -2.22. The van der Waals surface area contributed by atoms with Crippen molar-refractivity contribution in [1.82, 2.24) is 4.90 Å². The molecule has 0 unspecified atom stereocenters. The number of hydrogen-bond acceptors (Lipinski definition) is 2. The summed E-state index contributed by atoms with van der Waals surface area (Å²) in [5.41, 5.74) is 6.33. The fraction of sp³-hybridized carbons (Fsp3) is 0.269. The minimum atomic E-state index is -0.755. The Balaban J connectivity index is 1.72. The minimum absolute atomic E-state index is 0.150. The zero-order chi connectivity index (χ0) is 20.5. The van der Waals surface area contributed by atoms with E-state index >= 15 is 0 Å². The largest absolute Gasteiger partial charge is 0.481 e. The van der Waals surface area contributed by atoms with Gasteiger partial charge in [-0.05, 0) is 40.7 Å². The van der Waals surface area contributed by atoms with Crippen molar-refractivity contribution in [2.75, 3.05) is 6.54 Å². The van der Waals surface area contributed by atoms with E-state index in [0.717, 1.165) is 25.9 Å². The fourth-order valence-electron chi connectivity index (χ4n) is 3.60. The quantitative estimate of drug-likeness (QED) is 0.512. The van der Waals surface area contributed by atoms with Crippen LogP contribution in [0, 0.1) is 0 Å². The van der Waals surface area contributed by atoms with Crippen LogP contribution in [0.25, 0.3) is 0 Å². The normalized spacial score (nSPS) is 11.0. The highest BCUT2D eigenvalue weighted by Gasteiger charge is 2.10. The smallest absolute Gasteiger partial charge is 0.304 e. The zero-order valence-electron chi connectivity index (χ0n) is 17.1. The maximum atomic E-state index is 11.1. The predicted molar refractivity (Wildman–Crippen MR) is 118 cm³/mol. The topological polar surface area (TPSA) is 40.5 Å². The lowest BCUT2D eigenvalue weighted by atomic mass is 10.0. The average Bonchev–Trinajstić information content (AvgIpc) is 2.73. The second-order valence-electron chi connectivity index (χ2n) is 7.51. The van der Waals surface area contributed by atoms with Crippen LogP contribution in [0.3, 0.4) is 0 Å². The molecular formula is C26H29NO2. The van der Waals surface area contributed by atoms with Crippen molar-refractivity contribution in [2.45, 2.75) is 39.3 Å². The van der Waals surface area contributed by atoms with Gasteiger partial charge in [0.25, 0.3) is 0 Å². The highest BCUT2D eigenvalue weighted by molar-refractivity contribution is 5.66. The first-order valence-electron chi connectivity index (χ1n) is 10.3. The van der Waals surface area contributed by atoms with Crippen LogP contribution in [0.5, 0.6) is 0 Å². The van der Waals surface area contributed by atoms with E-state index in [2.05, 4.69) is 84.6 Å². The fourth-order valence-corrected chi connectivity index (χ4v) is 3.60. The van der Waals surface area contributed by atoms with Crippen LogP contribution in [0.2, 0.25) is 0 Å². The summed E-state index contributed by atoms with van der Waals surface area (Å²) >= 11 is 0. The lowest BCUT2D eigenvalue weighted by molar-refractivity contribution is -0.137. The van der Waals surface area contributed by atoms with Crippen LogP contribution in [0.15, 0.2) is 78.9 Å². The highest BCUT2D eigenvalue weighted by Crippen LogP contribution is 2.16. The number of rotatable bonds is 10. The molecule has 0 aliphatic carbocycles. The third-order valence-corrected chi connectivity index (χ3v) is 5.10. The Morgan fingerprint density at radius 2 is 1.31 bits per heavy atom. The van der Waals surface area contributed by atoms with E-state index in [1.807, 2.05) is 6.07 Å². The van der Waals surface area contributed by atoms with Gasteiger partial charge in [0.1, 0.15) is 0 Å². The van der Waals surface area contributed by atoms with Crippen molar-refractivity contribution >= 4 is 5.97 Å². The Bertz CT molecular complexity index is 921. The molecule has 3 heteroatoms. The molecule has 3 rings (SSSR count). The predicted octanol–water partition coefficient (Wildman–Crippen LogP) is 5.32. The highest BCUT2D eigenvalue weighted by atomic mass is 16.4. The molecule has 0 aliphatic heterocycles. The molecular weight excluding hydrogens is 358 g/mol. The number of carboxylic acids is 1. The standard InChI is InChI=1S/C26H29NO2/c1-2-21-10-6-12-24(16-21)19-27(15-14-26(28)29)20-25-13-7-11-23(18-25)17-22-8-4-3-5-9-22/h3-13,16,18H,2,14-15,17,19-20H2,1H3,(H,28,29). The lowest BCUT2D eigenvalue weighted by Crippen LogP contribution is -2.25. The van der Waals surface area contributed by atoms with Gasteiger partial charge < -0.3 is 5.11 Å². The van der Waals surface area contributed by atoms with Gasteiger partial charge in [-0.3, -0.25) is 9.69 Å². The van der Waals surface area contributed by atoms with Gasteiger partial charge in [0.2, 0.25) is 0 Å². The number of nitrogens with zero attached hydrogens (tertiary/aromatic N) is 1. The van der Waals surface area contributed by atoms with Crippen molar-refractivity contribution < 1.29 is 9.90 Å². The SMILES string of the molecule is CCc1cccc(CN(CCC(=O)O)Cc2cccc(Cc3ccccc3)c2)c1. The molecule has 3 aromatic carbocycles. The Labute approximate surface area is 173 Å². The molecule has 0 saturated carbocycles. The maximum absolute atomic E-state index is 11.1. The summed E-state index contributed by atoms with van der Waals surface area (Å²) in [5.74, 6) is -0.755. The first-order chi connectivity index (χ1) is 14.1. The number of hydrogen-bond donors (Lipinski definition) is 1. The van der Waals surface area contributed by atoms with E-state index in [-0.39, 0.29) is 6.42 Å². The molecule has 0 saturated heterocycles. The van der Waals surface area contributed by atoms with Crippen LogP contribution in [0.1, 0.15) is 41.2 Å². The molecule has 29 heavy (non-hydrogen) atoms. The molecule has 3 nitrogen and oxygen atoms in total. The second kappa shape index (κ2) is 10.6. The Hall–Kier alpha value is -2.91. The number of carboxylic acid groups (broad SMARTS) is 1. The van der Waals surface area contributed by atoms with E-state index in [1.165, 1.54) is 27.8 Å². The number of carbonyl (C=O) groups is 1. The summed E-state index contributed by atoms with van der Waals surface area (Å²) in [6.45, 7) is 4.18. The van der Waals surface area contributed by atoms with E-state index in [4.69, 9.17) is 5.11 Å². The van der Waals surface area contributed by atoms with E-state index in [9.17, 15) is 4.79 Å². The zero-order valence-corrected chi connectivity index (χ0v) is 17.1. The van der Waals surface area contributed by atoms with E-state index < -0.39 is 5.97 Å². The average molecular weight is 388 g/mol. The third-order valence-electron chi connectivity index (χ3n) is 5.10. The van der Waals surface area contributed by atoms with E-state index in [1.54, 1.807) is 0 Å². The molecule has 0 fully saturated rings. The van der Waals surface area contributed by atoms with Gasteiger partial charge in [0, 0.05) is 19.6 Å². The molecule has 0 aromatic heterocycles. The summed E-state index contributed by atoms with van der Waals surface area (Å²) in [4.78, 5) is 13.4. The van der Waals surface area contributed by atoms with Gasteiger partial charge in [-0.25, -0.2) is 0 Å². The number of benzene rings is 3. The molecule has 0 radical (unpaired) electrons. The molecule has 0 atom stereocenters. The number of aliphatic carboxylic acids is 1. The third kappa shape index (κ3) is 6.88. The summed E-state index contributed by atoms with van der Waals surface area (Å²) in [7, 11) is 0. The second-order valence-corrected chi connectivity index (χ2v) is 7.51. The molecule has 150 valence electrons. The van der Waals surface area contributed by atoms with Crippen LogP contribution in [-0.2, 0) is 30.7 Å². The van der Waals surface area contributed by atoms with E-state index in [0.29, 0.717) is 6.54 Å². The molecule has 1 N–H and O–H groups in total. The number of aryl methyl sites for hydroxylation is 1. The summed E-state index contributed by atoms with van der Waals surface area (Å²) in [6, 6.07) is 27.7. The first kappa shape index (κ1) is 20.8. The van der Waals surface area contributed by atoms with Crippen molar-refractivity contribution in [1.29, 1.82) is 0 Å². The summed E-state index contributed by atoms with van der Waals surface area (Å²) in [5, 5.41) is 9.16. The molecule has 0 aliphatic rings. The van der Waals surface area contributed by atoms with Crippen LogP contribution in [-0.4, -0.2) is 22.5 Å². The van der Waals surface area contributed by atoms with Gasteiger partial charge in [0.15, 0.2) is 0 Å². The van der Waals surface area contributed by atoms with Gasteiger partial charge in [0.05, 0.1) is 6.42 Å². The van der Waals surface area contributed by atoms with Crippen molar-refractivity contribution in [3.8, 4) is 0 Å². The van der Waals surface area contributed by atoms with Crippen LogP contribution >= 0.6 is 0 Å². The van der Waals surface area contributed by atoms with Crippen LogP contribution < -0.4 is 0 Å². The van der Waals surface area contributed by atoms with Crippen molar-refractivity contribution in [3.63, 3.8) is 0 Å². The molecule has 3 aromatic rings. The van der Waals surface area contributed by atoms with Gasteiger partial charge in [-0.15, -0.1) is 0 Å². The maximum Gasteiger partial charge on any atom is 0.304 e. The molecule has 0 spiro atoms. The Morgan fingerprint density at radius 1 is 0.759 bits per heavy atom. The van der Waals surface area contributed by atoms with Gasteiger partial charge in [-0.1, -0.05) is 85.8 Å². The van der Waals surface area contributed by atoms with Gasteiger partial charge >= 0.3 is 5.97 Å². The minimum Gasteiger partial charge on any atom is -0.481 e. The monoisotopic (exact) mass is 387 g/mol. The first-order valence-corrected chi connectivity index (χ1v) is 10.3. The van der Waals surface area contributed by atoms with Crippen LogP contribution in [0.4, 0.5) is 0 Å². The van der Waals surface area contributed by atoms with Crippen molar-refractivity contribution in [3.05, 3.63) is 107 Å². The van der Waals surface area contributed by atoms with Gasteiger partial charge in [-0.2, -0.15) is 0 Å². The molecule has 0 bridgehead atoms. The van der Waals surface area contributed by atoms with Crippen molar-refractivity contribution in [2.24, 2.45) is 0 Å². The molecule has 0 amide bonds. The summed E-state index contributed by atoms with van der Waals surface area (Å²) in [6.07, 6.45) is 2.06. The Morgan fingerprint density at radius 3 is 1.93 bits per heavy atom.